The van der Waals surface area contributed by atoms with Crippen molar-refractivity contribution in [2.24, 2.45) is 29.0 Å². The highest BCUT2D eigenvalue weighted by atomic mass is 16.3. The van der Waals surface area contributed by atoms with Crippen LogP contribution in [-0.2, 0) is 33.6 Å². The second-order valence-electron chi connectivity index (χ2n) is 21.4. The van der Waals surface area contributed by atoms with Crippen molar-refractivity contribution in [3.8, 4) is 5.75 Å². The maximum absolute atomic E-state index is 14.6. The SMILES string of the molecule is CCC(C)CC(C)CCCCCCCCC(=O)N[C@@H]1C[C@H](N)[C@@H](NCCN)NC(=O)[C@@H]2[C@@H](O)CCN2C(=O)[C@H]([C@H](O)CCN)NC(=O)[C@H]([C@H](O)[C@@H](O)c2ccc(O)cc2)NC(=O)[C@@H]2C[C@@H](O)CN2C(=O)[C@H]([C@@H](C)O)NC1=O. The first-order chi connectivity index (χ1) is 36.5. The minimum Gasteiger partial charge on any atom is -0.508 e. The second kappa shape index (κ2) is 31.5. The third-order valence-electron chi connectivity index (χ3n) is 15.0. The third kappa shape index (κ3) is 18.8. The molecule has 3 aliphatic rings. The molecule has 19 N–H and O–H groups in total. The van der Waals surface area contributed by atoms with Gasteiger partial charge in [0, 0.05) is 45.1 Å². The van der Waals surface area contributed by atoms with Crippen LogP contribution in [0.25, 0.3) is 0 Å². The largest absolute Gasteiger partial charge is 0.508 e. The first-order valence-corrected chi connectivity index (χ1v) is 27.4. The number of carbonyl (C=O) groups excluding carboxylic acids is 7. The highest BCUT2D eigenvalue weighted by molar-refractivity contribution is 5.98. The molecule has 4 rings (SSSR count). The van der Waals surface area contributed by atoms with Gasteiger partial charge in [0.25, 0.3) is 0 Å². The van der Waals surface area contributed by atoms with Crippen LogP contribution in [-0.4, -0.2) is 199 Å². The molecule has 436 valence electrons. The molecule has 3 heterocycles. The van der Waals surface area contributed by atoms with Crippen LogP contribution in [0.2, 0.25) is 0 Å². The van der Waals surface area contributed by atoms with Gasteiger partial charge in [-0.1, -0.05) is 77.8 Å². The number of fused-ring (bicyclic) bond motifs is 2. The van der Waals surface area contributed by atoms with Crippen molar-refractivity contribution < 1.29 is 69.3 Å². The molecule has 3 fully saturated rings. The normalized spacial score (nSPS) is 28.6. The van der Waals surface area contributed by atoms with E-state index in [-0.39, 0.29) is 56.8 Å². The van der Waals surface area contributed by atoms with Crippen molar-refractivity contribution in [2.45, 2.75) is 203 Å². The van der Waals surface area contributed by atoms with Gasteiger partial charge in [-0.05, 0) is 75.1 Å². The number of benzene rings is 1. The minimum atomic E-state index is -2.27. The molecule has 3 saturated heterocycles. The Morgan fingerprint density at radius 3 is 2.00 bits per heavy atom. The lowest BCUT2D eigenvalue weighted by Crippen LogP contribution is -2.65. The number of phenols is 1. The zero-order valence-corrected chi connectivity index (χ0v) is 45.1. The van der Waals surface area contributed by atoms with E-state index < -0.39 is 146 Å². The predicted molar refractivity (Wildman–Crippen MR) is 282 cm³/mol. The molecule has 0 bridgehead atoms. The van der Waals surface area contributed by atoms with Crippen molar-refractivity contribution in [3.05, 3.63) is 29.8 Å². The van der Waals surface area contributed by atoms with Gasteiger partial charge < -0.3 is 89.3 Å². The van der Waals surface area contributed by atoms with E-state index in [0.717, 1.165) is 54.7 Å². The van der Waals surface area contributed by atoms with Gasteiger partial charge in [-0.3, -0.25) is 38.9 Å². The average molecular weight is 1090 g/mol. The summed E-state index contributed by atoms with van der Waals surface area (Å²) in [6.45, 7) is 6.98. The summed E-state index contributed by atoms with van der Waals surface area (Å²) in [6.07, 6.45) is -4.37. The molecule has 0 radical (unpaired) electrons. The summed E-state index contributed by atoms with van der Waals surface area (Å²) < 4.78 is 0. The number of phenolic OH excluding ortho intramolecular Hbond substituents is 1. The smallest absolute Gasteiger partial charge is 0.248 e. The van der Waals surface area contributed by atoms with Gasteiger partial charge >= 0.3 is 0 Å². The topological polar surface area (TPSA) is 418 Å². The molecule has 1 aromatic carbocycles. The van der Waals surface area contributed by atoms with Crippen molar-refractivity contribution in [3.63, 3.8) is 0 Å². The highest BCUT2D eigenvalue weighted by Crippen LogP contribution is 2.27. The number of aliphatic hydroxyl groups excluding tert-OH is 6. The Kier molecular flexibility index (Phi) is 26.4. The first-order valence-electron chi connectivity index (χ1n) is 27.4. The molecule has 0 saturated carbocycles. The van der Waals surface area contributed by atoms with Gasteiger partial charge in [-0.25, -0.2) is 0 Å². The van der Waals surface area contributed by atoms with Crippen LogP contribution in [0.3, 0.4) is 0 Å². The monoisotopic (exact) mass is 1090 g/mol. The molecule has 25 nitrogen and oxygen atoms in total. The lowest BCUT2D eigenvalue weighted by Gasteiger charge is -2.35. The molecule has 0 aromatic heterocycles. The minimum absolute atomic E-state index is 0.0151. The molecule has 16 atom stereocenters. The summed E-state index contributed by atoms with van der Waals surface area (Å²) >= 11 is 0. The van der Waals surface area contributed by atoms with Crippen molar-refractivity contribution in [1.29, 1.82) is 0 Å². The van der Waals surface area contributed by atoms with E-state index in [4.69, 9.17) is 17.2 Å². The Balaban J connectivity index is 1.73. The van der Waals surface area contributed by atoms with Gasteiger partial charge in [0.1, 0.15) is 54.2 Å². The Labute approximate surface area is 451 Å². The summed E-state index contributed by atoms with van der Waals surface area (Å²) in [5, 5.41) is 93.1. The van der Waals surface area contributed by atoms with Gasteiger partial charge in [0.05, 0.1) is 30.6 Å². The Morgan fingerprint density at radius 1 is 0.740 bits per heavy atom. The number of amides is 7. The van der Waals surface area contributed by atoms with E-state index in [1.807, 2.05) is 0 Å². The fourth-order valence-electron chi connectivity index (χ4n) is 10.3. The standard InChI is InChI=1S/C52H89N11O14/c1-5-28(2)24-29(3)12-10-8-6-7-9-11-13-39(69)57-35-26-34(55)46(56-22-21-54)61-50(75)43-38(68)19-23-62(43)52(77)41(37(67)18-20-53)59-49(74)42(45(71)44(70)31-14-16-32(65)17-15-31)60-48(73)36-25-33(66)27-63(36)51(76)40(30(4)64)58-47(35)72/h14-17,28-30,33-38,40-46,56,64-68,70-71H,5-13,18-27,53-55H2,1-4H3,(H,57,69)(H,58,72)(H,59,74)(H,60,73)(H,61,75)/t28?,29?,30-,33-,34+,35-,36+,37-,38+,40+,41+,42+,43+,44+,45+,46+/m1/s1. The van der Waals surface area contributed by atoms with Crippen LogP contribution in [0.5, 0.6) is 5.75 Å². The number of nitrogens with one attached hydrogen (secondary N) is 6. The first kappa shape index (κ1) is 64.4. The summed E-state index contributed by atoms with van der Waals surface area (Å²) in [4.78, 5) is 102. The van der Waals surface area contributed by atoms with Gasteiger partial charge in [0.2, 0.25) is 41.4 Å². The second-order valence-corrected chi connectivity index (χ2v) is 21.4. The van der Waals surface area contributed by atoms with E-state index in [2.05, 4.69) is 52.7 Å². The Hall–Kier alpha value is -5.09. The van der Waals surface area contributed by atoms with Crippen LogP contribution in [0.1, 0.15) is 129 Å². The number of carbonyl (C=O) groups is 7. The van der Waals surface area contributed by atoms with Crippen LogP contribution < -0.4 is 49.1 Å². The lowest BCUT2D eigenvalue weighted by atomic mass is 9.91. The van der Waals surface area contributed by atoms with Crippen LogP contribution in [0.15, 0.2) is 24.3 Å². The van der Waals surface area contributed by atoms with E-state index in [1.54, 1.807) is 0 Å². The molecular formula is C52H89N11O14. The summed E-state index contributed by atoms with van der Waals surface area (Å²) in [7, 11) is 0. The molecule has 3 aliphatic heterocycles. The number of rotatable bonds is 23. The van der Waals surface area contributed by atoms with Crippen LogP contribution in [0, 0.1) is 11.8 Å². The number of nitrogens with two attached hydrogens (primary N) is 3. The molecular weight excluding hydrogens is 1000 g/mol. The van der Waals surface area contributed by atoms with Gasteiger partial charge in [-0.15, -0.1) is 0 Å². The van der Waals surface area contributed by atoms with E-state index in [9.17, 15) is 69.3 Å². The van der Waals surface area contributed by atoms with Crippen LogP contribution in [0.4, 0.5) is 0 Å². The fraction of sp³-hybridized carbons (Fsp3) is 0.750. The zero-order chi connectivity index (χ0) is 57.1. The molecule has 2 unspecified atom stereocenters. The molecule has 1 aromatic rings. The van der Waals surface area contributed by atoms with Crippen molar-refractivity contribution in [2.75, 3.05) is 32.7 Å². The van der Waals surface area contributed by atoms with Gasteiger partial charge in [0.15, 0.2) is 0 Å². The Bertz CT molecular complexity index is 2070. The molecule has 77 heavy (non-hydrogen) atoms. The highest BCUT2D eigenvalue weighted by Gasteiger charge is 2.49. The number of hydrogen-bond acceptors (Lipinski definition) is 18. The van der Waals surface area contributed by atoms with Crippen molar-refractivity contribution >= 4 is 41.4 Å². The van der Waals surface area contributed by atoms with Crippen molar-refractivity contribution in [1.82, 2.24) is 41.7 Å². The summed E-state index contributed by atoms with van der Waals surface area (Å²) in [5.74, 6) is -6.10. The molecule has 0 aliphatic carbocycles. The number of aliphatic hydroxyl groups is 6. The molecule has 7 amide bonds. The number of hydrogen-bond donors (Lipinski definition) is 16. The molecule has 25 heteroatoms. The van der Waals surface area contributed by atoms with E-state index in [1.165, 1.54) is 37.6 Å². The molecule has 0 spiro atoms. The zero-order valence-electron chi connectivity index (χ0n) is 45.1. The fourth-order valence-corrected chi connectivity index (χ4v) is 10.3. The summed E-state index contributed by atoms with van der Waals surface area (Å²) in [6, 6.07) is -7.34. The average Bonchev–Trinajstić information content (AvgIpc) is 3.99. The maximum Gasteiger partial charge on any atom is 0.248 e. The number of unbranched alkanes of at least 4 members (excludes halogenated alkanes) is 5. The van der Waals surface area contributed by atoms with Crippen LogP contribution >= 0.6 is 0 Å². The maximum atomic E-state index is 14.6. The van der Waals surface area contributed by atoms with Gasteiger partial charge in [-0.2, -0.15) is 0 Å². The van der Waals surface area contributed by atoms with E-state index in [0.29, 0.717) is 18.3 Å². The number of aromatic hydroxyl groups is 1. The summed E-state index contributed by atoms with van der Waals surface area (Å²) in [5.41, 5.74) is 18.3. The Morgan fingerprint density at radius 2 is 1.36 bits per heavy atom. The number of nitrogens with zero attached hydrogens (tertiary/aromatic N) is 2. The quantitative estimate of drug-likeness (QED) is 0.0476. The third-order valence-corrected chi connectivity index (χ3v) is 15.0. The predicted octanol–water partition coefficient (Wildman–Crippen LogP) is -3.35. The van der Waals surface area contributed by atoms with E-state index >= 15 is 0 Å². The lowest BCUT2D eigenvalue weighted by molar-refractivity contribution is -0.148.